The molecule has 1 fully saturated rings. The standard InChI is InChI=1S/C14H26O2/c1-11(2)8-9-13(15)14(16-4)10-6-5-7-12(14)3/h11-12H,5-10H2,1-4H3. The highest BCUT2D eigenvalue weighted by Crippen LogP contribution is 2.38. The maximum atomic E-state index is 12.3. The van der Waals surface area contributed by atoms with Crippen molar-refractivity contribution in [2.24, 2.45) is 11.8 Å². The molecule has 0 bridgehead atoms. The molecule has 2 heteroatoms. The lowest BCUT2D eigenvalue weighted by Crippen LogP contribution is -2.48. The summed E-state index contributed by atoms with van der Waals surface area (Å²) in [5.41, 5.74) is -0.465. The van der Waals surface area contributed by atoms with E-state index in [2.05, 4.69) is 20.8 Å². The second kappa shape index (κ2) is 5.81. The molecule has 2 unspecified atom stereocenters. The predicted octanol–water partition coefficient (Wildman–Crippen LogP) is 3.59. The summed E-state index contributed by atoms with van der Waals surface area (Å²) < 4.78 is 5.64. The van der Waals surface area contributed by atoms with Gasteiger partial charge in [-0.3, -0.25) is 4.79 Å². The molecule has 0 aromatic carbocycles. The molecule has 0 aliphatic heterocycles. The molecule has 0 radical (unpaired) electrons. The van der Waals surface area contributed by atoms with Crippen LogP contribution in [0.4, 0.5) is 0 Å². The van der Waals surface area contributed by atoms with Crippen molar-refractivity contribution in [3.05, 3.63) is 0 Å². The number of methoxy groups -OCH3 is 1. The van der Waals surface area contributed by atoms with Gasteiger partial charge in [-0.25, -0.2) is 0 Å². The summed E-state index contributed by atoms with van der Waals surface area (Å²) in [4.78, 5) is 12.3. The molecule has 0 aromatic heterocycles. The van der Waals surface area contributed by atoms with Crippen LogP contribution in [0.3, 0.4) is 0 Å². The first-order valence-corrected chi connectivity index (χ1v) is 6.61. The average molecular weight is 226 g/mol. The topological polar surface area (TPSA) is 26.3 Å². The van der Waals surface area contributed by atoms with Crippen molar-refractivity contribution in [3.63, 3.8) is 0 Å². The maximum absolute atomic E-state index is 12.3. The van der Waals surface area contributed by atoms with E-state index < -0.39 is 5.60 Å². The maximum Gasteiger partial charge on any atom is 0.164 e. The van der Waals surface area contributed by atoms with Crippen molar-refractivity contribution < 1.29 is 9.53 Å². The Kier molecular flexibility index (Phi) is 4.97. The van der Waals surface area contributed by atoms with Gasteiger partial charge in [-0.05, 0) is 31.1 Å². The summed E-state index contributed by atoms with van der Waals surface area (Å²) in [7, 11) is 1.70. The van der Waals surface area contributed by atoms with Crippen LogP contribution < -0.4 is 0 Å². The summed E-state index contributed by atoms with van der Waals surface area (Å²) in [5, 5.41) is 0. The van der Waals surface area contributed by atoms with Crippen LogP contribution in [-0.2, 0) is 9.53 Å². The van der Waals surface area contributed by atoms with Crippen molar-refractivity contribution in [2.75, 3.05) is 7.11 Å². The zero-order chi connectivity index (χ0) is 12.2. The Morgan fingerprint density at radius 1 is 1.44 bits per heavy atom. The third-order valence-electron chi connectivity index (χ3n) is 4.02. The minimum absolute atomic E-state index is 0.330. The Labute approximate surface area is 99.8 Å². The SMILES string of the molecule is COC1(C(=O)CCC(C)C)CCCCC1C. The Hall–Kier alpha value is -0.370. The number of Topliss-reactive ketones (excluding diaryl/α,β-unsaturated/α-hetero) is 1. The molecule has 16 heavy (non-hydrogen) atoms. The second-order valence-corrected chi connectivity index (χ2v) is 5.60. The molecular weight excluding hydrogens is 200 g/mol. The van der Waals surface area contributed by atoms with Crippen LogP contribution >= 0.6 is 0 Å². The van der Waals surface area contributed by atoms with Crippen LogP contribution in [0.1, 0.15) is 59.3 Å². The van der Waals surface area contributed by atoms with Gasteiger partial charge in [0.25, 0.3) is 0 Å². The number of ketones is 1. The van der Waals surface area contributed by atoms with E-state index in [1.807, 2.05) is 0 Å². The van der Waals surface area contributed by atoms with Gasteiger partial charge in [0, 0.05) is 13.5 Å². The lowest BCUT2D eigenvalue weighted by Gasteiger charge is -2.40. The summed E-state index contributed by atoms with van der Waals surface area (Å²) >= 11 is 0. The van der Waals surface area contributed by atoms with E-state index in [0.717, 1.165) is 25.7 Å². The summed E-state index contributed by atoms with van der Waals surface area (Å²) in [6.45, 7) is 6.49. The fourth-order valence-corrected chi connectivity index (χ4v) is 2.78. The third-order valence-corrected chi connectivity index (χ3v) is 4.02. The van der Waals surface area contributed by atoms with E-state index in [1.54, 1.807) is 7.11 Å². The van der Waals surface area contributed by atoms with E-state index >= 15 is 0 Å². The van der Waals surface area contributed by atoms with E-state index in [1.165, 1.54) is 6.42 Å². The van der Waals surface area contributed by atoms with Crippen LogP contribution in [0, 0.1) is 11.8 Å². The number of ether oxygens (including phenoxy) is 1. The Bertz CT molecular complexity index is 235. The molecule has 0 N–H and O–H groups in total. The van der Waals surface area contributed by atoms with Gasteiger partial charge in [-0.15, -0.1) is 0 Å². The van der Waals surface area contributed by atoms with Gasteiger partial charge in [-0.2, -0.15) is 0 Å². The second-order valence-electron chi connectivity index (χ2n) is 5.60. The van der Waals surface area contributed by atoms with Crippen LogP contribution in [-0.4, -0.2) is 18.5 Å². The van der Waals surface area contributed by atoms with Gasteiger partial charge in [0.1, 0.15) is 5.60 Å². The highest BCUT2D eigenvalue weighted by Gasteiger charge is 2.44. The average Bonchev–Trinajstić information content (AvgIpc) is 2.27. The van der Waals surface area contributed by atoms with Crippen molar-refractivity contribution in [1.82, 2.24) is 0 Å². The molecule has 0 heterocycles. The van der Waals surface area contributed by atoms with E-state index in [-0.39, 0.29) is 0 Å². The molecule has 2 nitrogen and oxygen atoms in total. The van der Waals surface area contributed by atoms with Crippen LogP contribution in [0.15, 0.2) is 0 Å². The van der Waals surface area contributed by atoms with Gasteiger partial charge in [0.15, 0.2) is 5.78 Å². The highest BCUT2D eigenvalue weighted by molar-refractivity contribution is 5.87. The Morgan fingerprint density at radius 3 is 2.62 bits per heavy atom. The summed E-state index contributed by atoms with van der Waals surface area (Å²) in [5.74, 6) is 1.30. The fraction of sp³-hybridized carbons (Fsp3) is 0.929. The minimum Gasteiger partial charge on any atom is -0.370 e. The van der Waals surface area contributed by atoms with Crippen LogP contribution in [0.25, 0.3) is 0 Å². The molecule has 0 amide bonds. The van der Waals surface area contributed by atoms with Gasteiger partial charge in [0.2, 0.25) is 0 Å². The van der Waals surface area contributed by atoms with Gasteiger partial charge in [0.05, 0.1) is 0 Å². The molecule has 94 valence electrons. The molecule has 1 aliphatic carbocycles. The van der Waals surface area contributed by atoms with Crippen LogP contribution in [0.2, 0.25) is 0 Å². The van der Waals surface area contributed by atoms with E-state index in [9.17, 15) is 4.79 Å². The molecule has 1 aliphatic rings. The third kappa shape index (κ3) is 2.85. The van der Waals surface area contributed by atoms with Gasteiger partial charge < -0.3 is 4.74 Å². The van der Waals surface area contributed by atoms with E-state index in [4.69, 9.17) is 4.74 Å². The number of carbonyl (C=O) groups excluding carboxylic acids is 1. The molecular formula is C14H26O2. The number of hydrogen-bond acceptors (Lipinski definition) is 2. The van der Waals surface area contributed by atoms with E-state index in [0.29, 0.717) is 24.0 Å². The number of rotatable bonds is 5. The largest absolute Gasteiger partial charge is 0.370 e. The summed E-state index contributed by atoms with van der Waals surface area (Å²) in [6.07, 6.45) is 6.07. The molecule has 1 rings (SSSR count). The molecule has 0 spiro atoms. The lowest BCUT2D eigenvalue weighted by molar-refractivity contribution is -0.152. The first-order valence-electron chi connectivity index (χ1n) is 6.61. The first kappa shape index (κ1) is 13.7. The van der Waals surface area contributed by atoms with Gasteiger partial charge in [-0.1, -0.05) is 33.6 Å². The quantitative estimate of drug-likeness (QED) is 0.716. The number of carbonyl (C=O) groups is 1. The van der Waals surface area contributed by atoms with Crippen molar-refractivity contribution in [3.8, 4) is 0 Å². The van der Waals surface area contributed by atoms with Crippen molar-refractivity contribution >= 4 is 5.78 Å². The molecule has 0 saturated heterocycles. The lowest BCUT2D eigenvalue weighted by atomic mass is 9.72. The fourth-order valence-electron chi connectivity index (χ4n) is 2.78. The smallest absolute Gasteiger partial charge is 0.164 e. The highest BCUT2D eigenvalue weighted by atomic mass is 16.5. The summed E-state index contributed by atoms with van der Waals surface area (Å²) in [6, 6.07) is 0. The molecule has 2 atom stereocenters. The Morgan fingerprint density at radius 2 is 2.12 bits per heavy atom. The molecule has 1 saturated carbocycles. The van der Waals surface area contributed by atoms with Crippen molar-refractivity contribution in [2.45, 2.75) is 64.9 Å². The molecule has 0 aromatic rings. The predicted molar refractivity (Wildman–Crippen MR) is 66.5 cm³/mol. The number of hydrogen-bond donors (Lipinski definition) is 0. The van der Waals surface area contributed by atoms with Crippen LogP contribution in [0.5, 0.6) is 0 Å². The van der Waals surface area contributed by atoms with Crippen molar-refractivity contribution in [1.29, 1.82) is 0 Å². The monoisotopic (exact) mass is 226 g/mol. The zero-order valence-electron chi connectivity index (χ0n) is 11.2. The van der Waals surface area contributed by atoms with Gasteiger partial charge >= 0.3 is 0 Å². The zero-order valence-corrected chi connectivity index (χ0v) is 11.2. The normalized spacial score (nSPS) is 30.7. The minimum atomic E-state index is -0.465. The Balaban J connectivity index is 2.66. The first-order chi connectivity index (χ1) is 7.53.